The summed E-state index contributed by atoms with van der Waals surface area (Å²) < 4.78 is 17.9. The number of fused-ring (bicyclic) bond motifs is 5. The number of benzene rings is 2. The summed E-state index contributed by atoms with van der Waals surface area (Å²) in [5.41, 5.74) is 6.19. The molecule has 0 radical (unpaired) electrons. The maximum Gasteiger partial charge on any atom is 0.161 e. The zero-order valence-corrected chi connectivity index (χ0v) is 21.5. The van der Waals surface area contributed by atoms with Crippen molar-refractivity contribution < 1.29 is 9.18 Å². The summed E-state index contributed by atoms with van der Waals surface area (Å²) in [5.74, 6) is 1.34. The van der Waals surface area contributed by atoms with Gasteiger partial charge in [0.25, 0.3) is 0 Å². The fraction of sp³-hybridized carbons (Fsp3) is 0.333. The van der Waals surface area contributed by atoms with Crippen molar-refractivity contribution >= 4 is 11.5 Å². The Morgan fingerprint density at radius 3 is 2.73 bits per heavy atom. The highest BCUT2D eigenvalue weighted by atomic mass is 19.1. The lowest BCUT2D eigenvalue weighted by Crippen LogP contribution is -2.47. The van der Waals surface area contributed by atoms with Crippen LogP contribution in [0.25, 0.3) is 28.3 Å². The number of nitrogens with zero attached hydrogens (tertiary/aromatic N) is 4. The van der Waals surface area contributed by atoms with E-state index in [2.05, 4.69) is 54.8 Å². The van der Waals surface area contributed by atoms with Crippen LogP contribution >= 0.6 is 0 Å². The van der Waals surface area contributed by atoms with Gasteiger partial charge in [-0.05, 0) is 80.6 Å². The molecule has 37 heavy (non-hydrogen) atoms. The molecule has 2 aromatic carbocycles. The Balaban J connectivity index is 1.27. The lowest BCUT2D eigenvalue weighted by molar-refractivity contribution is -0.122. The average Bonchev–Trinajstić information content (AvgIpc) is 3.62. The van der Waals surface area contributed by atoms with E-state index in [4.69, 9.17) is 0 Å². The summed E-state index contributed by atoms with van der Waals surface area (Å²) in [6, 6.07) is 15.5. The number of halogens is 1. The minimum atomic E-state index is -0.485. The number of aromatic nitrogens is 3. The van der Waals surface area contributed by atoms with Gasteiger partial charge in [0.1, 0.15) is 11.6 Å². The molecule has 2 aliphatic rings. The fourth-order valence-electron chi connectivity index (χ4n) is 5.39. The molecule has 6 rings (SSSR count). The molecule has 0 bridgehead atoms. The first-order chi connectivity index (χ1) is 17.8. The summed E-state index contributed by atoms with van der Waals surface area (Å²) in [6.07, 6.45) is 7.10. The minimum Gasteiger partial charge on any atom is -0.371 e. The highest BCUT2D eigenvalue weighted by Crippen LogP contribution is 2.36. The maximum absolute atomic E-state index is 13.5. The van der Waals surface area contributed by atoms with Crippen LogP contribution in [0.4, 0.5) is 10.1 Å². The molecular formula is C30H32FN5O. The van der Waals surface area contributed by atoms with Crippen LogP contribution in [0.15, 0.2) is 67.1 Å². The summed E-state index contributed by atoms with van der Waals surface area (Å²) in [5, 5.41) is 3.46. The van der Waals surface area contributed by atoms with Crippen LogP contribution in [0.1, 0.15) is 32.8 Å². The molecule has 0 saturated carbocycles. The highest BCUT2D eigenvalue weighted by Gasteiger charge is 2.28. The van der Waals surface area contributed by atoms with E-state index in [1.165, 1.54) is 23.4 Å². The van der Waals surface area contributed by atoms with Crippen molar-refractivity contribution in [2.75, 3.05) is 24.5 Å². The van der Waals surface area contributed by atoms with E-state index >= 15 is 0 Å². The van der Waals surface area contributed by atoms with Crippen molar-refractivity contribution in [2.45, 2.75) is 39.3 Å². The van der Waals surface area contributed by atoms with Gasteiger partial charge in [-0.1, -0.05) is 12.1 Å². The van der Waals surface area contributed by atoms with Crippen molar-refractivity contribution in [2.24, 2.45) is 5.92 Å². The lowest BCUT2D eigenvalue weighted by atomic mass is 9.99. The molecule has 1 atom stereocenters. The first kappa shape index (κ1) is 23.7. The Labute approximate surface area is 216 Å². The number of rotatable bonds is 6. The average molecular weight is 498 g/mol. The Morgan fingerprint density at radius 2 is 1.95 bits per heavy atom. The number of nitrogens with one attached hydrogen (secondary N) is 1. The summed E-state index contributed by atoms with van der Waals surface area (Å²) in [6.45, 7) is 9.10. The number of ketones is 1. The summed E-state index contributed by atoms with van der Waals surface area (Å²) in [4.78, 5) is 19.0. The molecule has 0 spiro atoms. The lowest BCUT2D eigenvalue weighted by Gasteiger charge is -2.25. The van der Waals surface area contributed by atoms with Crippen LogP contribution in [0, 0.1) is 11.7 Å². The molecule has 2 aliphatic heterocycles. The number of imidazole rings is 1. The van der Waals surface area contributed by atoms with E-state index in [-0.39, 0.29) is 11.6 Å². The summed E-state index contributed by atoms with van der Waals surface area (Å²) in [7, 11) is 0. The van der Waals surface area contributed by atoms with Gasteiger partial charge in [-0.15, -0.1) is 0 Å². The smallest absolute Gasteiger partial charge is 0.161 e. The first-order valence-electron chi connectivity index (χ1n) is 12.9. The molecule has 7 heteroatoms. The van der Waals surface area contributed by atoms with Gasteiger partial charge in [0, 0.05) is 56.0 Å². The molecule has 0 amide bonds. The molecule has 2 aromatic heterocycles. The zero-order valence-electron chi connectivity index (χ0n) is 21.5. The Morgan fingerprint density at radius 1 is 1.14 bits per heavy atom. The second kappa shape index (κ2) is 8.99. The number of anilines is 1. The van der Waals surface area contributed by atoms with Crippen molar-refractivity contribution in [3.63, 3.8) is 0 Å². The third-order valence-electron chi connectivity index (χ3n) is 7.97. The normalized spacial score (nSPS) is 16.8. The molecule has 1 unspecified atom stereocenters. The largest absolute Gasteiger partial charge is 0.371 e. The molecule has 0 aliphatic carbocycles. The Bertz CT molecular complexity index is 1470. The van der Waals surface area contributed by atoms with E-state index in [1.54, 1.807) is 6.92 Å². The highest BCUT2D eigenvalue weighted by molar-refractivity contribution is 5.85. The first-order valence-corrected chi connectivity index (χ1v) is 12.9. The maximum atomic E-state index is 13.5. The Kier molecular flexibility index (Phi) is 5.75. The van der Waals surface area contributed by atoms with Crippen molar-refractivity contribution in [1.29, 1.82) is 0 Å². The van der Waals surface area contributed by atoms with Crippen LogP contribution in [-0.4, -0.2) is 45.1 Å². The second-order valence-corrected chi connectivity index (χ2v) is 10.8. The van der Waals surface area contributed by atoms with E-state index in [1.807, 2.05) is 38.4 Å². The number of carbonyl (C=O) groups is 1. The van der Waals surface area contributed by atoms with Gasteiger partial charge in [-0.3, -0.25) is 9.36 Å². The van der Waals surface area contributed by atoms with Crippen molar-refractivity contribution in [1.82, 2.24) is 19.4 Å². The van der Waals surface area contributed by atoms with E-state index in [0.717, 1.165) is 60.9 Å². The molecule has 1 fully saturated rings. The zero-order chi connectivity index (χ0) is 25.7. The van der Waals surface area contributed by atoms with Gasteiger partial charge in [0.15, 0.2) is 5.82 Å². The van der Waals surface area contributed by atoms with Gasteiger partial charge < -0.3 is 14.8 Å². The monoisotopic (exact) mass is 497 g/mol. The predicted molar refractivity (Wildman–Crippen MR) is 145 cm³/mol. The van der Waals surface area contributed by atoms with Gasteiger partial charge in [0.2, 0.25) is 0 Å². The number of hydrogen-bond acceptors (Lipinski definition) is 4. The third-order valence-corrected chi connectivity index (χ3v) is 7.97. The molecule has 1 saturated heterocycles. The molecule has 190 valence electrons. The molecular weight excluding hydrogens is 465 g/mol. The molecule has 4 heterocycles. The molecule has 6 nitrogen and oxygen atoms in total. The fourth-order valence-corrected chi connectivity index (χ4v) is 5.39. The SMILES string of the molecule is CC(=O)C(C)(C)NCC1CCN(c2ccc3c(c2)Cn2cc(-c4ccc(F)cc4)cc2-c2nccn2-3)C1. The predicted octanol–water partition coefficient (Wildman–Crippen LogP) is 5.29. The van der Waals surface area contributed by atoms with Gasteiger partial charge in [0.05, 0.1) is 16.9 Å². The van der Waals surface area contributed by atoms with Crippen LogP contribution in [0.3, 0.4) is 0 Å². The molecule has 4 aromatic rings. The van der Waals surface area contributed by atoms with E-state index in [9.17, 15) is 9.18 Å². The third kappa shape index (κ3) is 4.37. The number of Topliss-reactive ketones (excluding diaryl/α,β-unsaturated/α-hetero) is 1. The number of carbonyl (C=O) groups excluding carboxylic acids is 1. The van der Waals surface area contributed by atoms with E-state index in [0.29, 0.717) is 5.92 Å². The topological polar surface area (TPSA) is 55.1 Å². The van der Waals surface area contributed by atoms with Crippen LogP contribution in [-0.2, 0) is 11.3 Å². The van der Waals surface area contributed by atoms with E-state index < -0.39 is 5.54 Å². The second-order valence-electron chi connectivity index (χ2n) is 10.8. The standard InChI is InChI=1S/C30H32FN5O/c1-20(37)30(2,3)33-16-21-10-12-34(17-21)26-8-9-27-24(14-26)19-35-18-23(22-4-6-25(31)7-5-22)15-28(35)29-32-11-13-36(27)29/h4-9,11,13-15,18,21,33H,10,12,16-17,19H2,1-3H3. The minimum absolute atomic E-state index is 0.166. The Hall–Kier alpha value is -3.71. The van der Waals surface area contributed by atoms with Crippen LogP contribution in [0.2, 0.25) is 0 Å². The van der Waals surface area contributed by atoms with Gasteiger partial charge in [-0.2, -0.15) is 0 Å². The quantitative estimate of drug-likeness (QED) is 0.346. The number of hydrogen-bond donors (Lipinski definition) is 1. The van der Waals surface area contributed by atoms with Gasteiger partial charge in [-0.25, -0.2) is 9.37 Å². The van der Waals surface area contributed by atoms with Crippen LogP contribution in [0.5, 0.6) is 0 Å². The van der Waals surface area contributed by atoms with Gasteiger partial charge >= 0.3 is 0 Å². The van der Waals surface area contributed by atoms with Crippen molar-refractivity contribution in [3.05, 3.63) is 78.5 Å². The molecule has 1 N–H and O–H groups in total. The summed E-state index contributed by atoms with van der Waals surface area (Å²) >= 11 is 0. The van der Waals surface area contributed by atoms with Crippen molar-refractivity contribution in [3.8, 4) is 28.3 Å². The van der Waals surface area contributed by atoms with Crippen LogP contribution < -0.4 is 10.2 Å².